The Kier molecular flexibility index (Phi) is 5.12. The van der Waals surface area contributed by atoms with Gasteiger partial charge in [-0.25, -0.2) is 0 Å². The summed E-state index contributed by atoms with van der Waals surface area (Å²) in [6.45, 7) is 8.09. The second kappa shape index (κ2) is 6.15. The fourth-order valence-electron chi connectivity index (χ4n) is 2.06. The predicted octanol–water partition coefficient (Wildman–Crippen LogP) is 1.18. The molecule has 1 unspecified atom stereocenters. The normalized spacial score (nSPS) is 13.7. The van der Waals surface area contributed by atoms with Gasteiger partial charge in [0, 0.05) is 24.5 Å². The molecule has 0 aliphatic heterocycles. The maximum absolute atomic E-state index is 8.86. The van der Waals surface area contributed by atoms with Crippen molar-refractivity contribution in [3.63, 3.8) is 0 Å². The van der Waals surface area contributed by atoms with Crippen molar-refractivity contribution in [1.29, 1.82) is 0 Å². The first-order valence-electron chi connectivity index (χ1n) is 6.10. The van der Waals surface area contributed by atoms with E-state index in [1.165, 1.54) is 11.1 Å². The van der Waals surface area contributed by atoms with E-state index in [0.717, 1.165) is 6.54 Å². The molecule has 0 radical (unpaired) electrons. The van der Waals surface area contributed by atoms with E-state index >= 15 is 0 Å². The van der Waals surface area contributed by atoms with E-state index in [1.807, 2.05) is 0 Å². The Labute approximate surface area is 104 Å². The number of nitrogens with two attached hydrogens (primary N) is 1. The molecule has 96 valence electrons. The number of nitrogens with one attached hydrogen (secondary N) is 1. The van der Waals surface area contributed by atoms with Crippen LogP contribution in [0.3, 0.4) is 0 Å². The molecule has 0 amide bonds. The minimum atomic E-state index is -0.178. The monoisotopic (exact) mass is 236 g/mol. The standard InChI is InChI=1S/C14H24N2O/c1-11-6-4-5-7-13(11)14(2,3)10-16-8-12(15)9-17/h4-7,12,16-17H,8-10,15H2,1-3H3. The molecule has 0 fully saturated rings. The summed E-state index contributed by atoms with van der Waals surface area (Å²) in [6, 6.07) is 8.26. The van der Waals surface area contributed by atoms with E-state index in [9.17, 15) is 0 Å². The van der Waals surface area contributed by atoms with Crippen LogP contribution in [0.15, 0.2) is 24.3 Å². The Balaban J connectivity index is 2.60. The van der Waals surface area contributed by atoms with Gasteiger partial charge >= 0.3 is 0 Å². The Hall–Kier alpha value is -0.900. The molecule has 0 saturated carbocycles. The van der Waals surface area contributed by atoms with E-state index in [-0.39, 0.29) is 18.1 Å². The molecule has 0 aromatic heterocycles. The van der Waals surface area contributed by atoms with Crippen LogP contribution in [0, 0.1) is 6.92 Å². The van der Waals surface area contributed by atoms with Gasteiger partial charge in [-0.05, 0) is 18.1 Å². The molecule has 1 aromatic carbocycles. The Morgan fingerprint density at radius 2 is 2.00 bits per heavy atom. The highest BCUT2D eigenvalue weighted by Gasteiger charge is 2.21. The van der Waals surface area contributed by atoms with Gasteiger partial charge in [0.05, 0.1) is 6.61 Å². The number of aliphatic hydroxyl groups excluding tert-OH is 1. The quantitative estimate of drug-likeness (QED) is 0.695. The number of hydrogen-bond donors (Lipinski definition) is 3. The van der Waals surface area contributed by atoms with E-state index in [4.69, 9.17) is 10.8 Å². The summed E-state index contributed by atoms with van der Waals surface area (Å²) in [6.07, 6.45) is 0. The van der Waals surface area contributed by atoms with Crippen LogP contribution in [0.1, 0.15) is 25.0 Å². The minimum absolute atomic E-state index is 0.0256. The van der Waals surface area contributed by atoms with E-state index in [2.05, 4.69) is 50.4 Å². The van der Waals surface area contributed by atoms with Gasteiger partial charge in [0.1, 0.15) is 0 Å². The van der Waals surface area contributed by atoms with Crippen molar-refractivity contribution in [3.05, 3.63) is 35.4 Å². The predicted molar refractivity (Wildman–Crippen MR) is 72.1 cm³/mol. The average molecular weight is 236 g/mol. The first kappa shape index (κ1) is 14.2. The van der Waals surface area contributed by atoms with Gasteiger partial charge < -0.3 is 16.2 Å². The van der Waals surface area contributed by atoms with Gasteiger partial charge in [-0.3, -0.25) is 0 Å². The molecular formula is C14H24N2O. The molecule has 0 bridgehead atoms. The molecule has 0 aliphatic rings. The molecule has 1 aromatic rings. The fourth-order valence-corrected chi connectivity index (χ4v) is 2.06. The molecule has 0 heterocycles. The molecule has 4 N–H and O–H groups in total. The van der Waals surface area contributed by atoms with Gasteiger partial charge in [0.25, 0.3) is 0 Å². The lowest BCUT2D eigenvalue weighted by atomic mass is 9.82. The summed E-state index contributed by atoms with van der Waals surface area (Å²) in [4.78, 5) is 0. The zero-order valence-corrected chi connectivity index (χ0v) is 11.0. The first-order valence-corrected chi connectivity index (χ1v) is 6.10. The lowest BCUT2D eigenvalue weighted by molar-refractivity contribution is 0.260. The van der Waals surface area contributed by atoms with Gasteiger partial charge in [0.15, 0.2) is 0 Å². The summed E-state index contributed by atoms with van der Waals surface area (Å²) in [5.74, 6) is 0. The lowest BCUT2D eigenvalue weighted by Crippen LogP contribution is -2.41. The summed E-state index contributed by atoms with van der Waals surface area (Å²) in [5.41, 5.74) is 8.39. The third-order valence-corrected chi connectivity index (χ3v) is 3.08. The van der Waals surface area contributed by atoms with E-state index < -0.39 is 0 Å². The van der Waals surface area contributed by atoms with Gasteiger partial charge in [0.2, 0.25) is 0 Å². The zero-order valence-electron chi connectivity index (χ0n) is 11.0. The van der Waals surface area contributed by atoms with Crippen molar-refractivity contribution in [2.45, 2.75) is 32.2 Å². The zero-order chi connectivity index (χ0) is 12.9. The molecule has 0 spiro atoms. The van der Waals surface area contributed by atoms with Crippen molar-refractivity contribution in [2.75, 3.05) is 19.7 Å². The maximum atomic E-state index is 8.86. The maximum Gasteiger partial charge on any atom is 0.0594 e. The fraction of sp³-hybridized carbons (Fsp3) is 0.571. The topological polar surface area (TPSA) is 58.3 Å². The highest BCUT2D eigenvalue weighted by atomic mass is 16.3. The molecule has 1 rings (SSSR count). The number of hydrogen-bond acceptors (Lipinski definition) is 3. The second-order valence-electron chi connectivity index (χ2n) is 5.27. The van der Waals surface area contributed by atoms with Crippen LogP contribution in [-0.4, -0.2) is 30.8 Å². The average Bonchev–Trinajstić information content (AvgIpc) is 2.28. The Morgan fingerprint density at radius 3 is 2.59 bits per heavy atom. The van der Waals surface area contributed by atoms with Crippen LogP contribution in [-0.2, 0) is 5.41 Å². The van der Waals surface area contributed by atoms with Crippen molar-refractivity contribution in [1.82, 2.24) is 5.32 Å². The van der Waals surface area contributed by atoms with Crippen molar-refractivity contribution >= 4 is 0 Å². The second-order valence-corrected chi connectivity index (χ2v) is 5.27. The Morgan fingerprint density at radius 1 is 1.35 bits per heavy atom. The minimum Gasteiger partial charge on any atom is -0.395 e. The highest BCUT2D eigenvalue weighted by molar-refractivity contribution is 5.32. The number of benzene rings is 1. The molecular weight excluding hydrogens is 212 g/mol. The van der Waals surface area contributed by atoms with Crippen molar-refractivity contribution in [3.8, 4) is 0 Å². The summed E-state index contributed by atoms with van der Waals surface area (Å²) in [7, 11) is 0. The third-order valence-electron chi connectivity index (χ3n) is 3.08. The Bertz CT molecular complexity index is 350. The largest absolute Gasteiger partial charge is 0.395 e. The van der Waals surface area contributed by atoms with E-state index in [1.54, 1.807) is 0 Å². The number of aliphatic hydroxyl groups is 1. The van der Waals surface area contributed by atoms with Crippen molar-refractivity contribution in [2.24, 2.45) is 5.73 Å². The molecule has 0 saturated heterocycles. The van der Waals surface area contributed by atoms with E-state index in [0.29, 0.717) is 6.54 Å². The van der Waals surface area contributed by atoms with Crippen LogP contribution in [0.5, 0.6) is 0 Å². The van der Waals surface area contributed by atoms with Gasteiger partial charge in [-0.2, -0.15) is 0 Å². The molecule has 17 heavy (non-hydrogen) atoms. The molecule has 1 atom stereocenters. The molecule has 0 aliphatic carbocycles. The van der Waals surface area contributed by atoms with Crippen LogP contribution in [0.25, 0.3) is 0 Å². The lowest BCUT2D eigenvalue weighted by Gasteiger charge is -2.28. The molecule has 3 nitrogen and oxygen atoms in total. The highest BCUT2D eigenvalue weighted by Crippen LogP contribution is 2.25. The first-order chi connectivity index (χ1) is 7.97. The SMILES string of the molecule is Cc1ccccc1C(C)(C)CNCC(N)CO. The summed E-state index contributed by atoms with van der Waals surface area (Å²) < 4.78 is 0. The number of rotatable bonds is 6. The van der Waals surface area contributed by atoms with Crippen LogP contribution in [0.4, 0.5) is 0 Å². The smallest absolute Gasteiger partial charge is 0.0594 e. The summed E-state index contributed by atoms with van der Waals surface area (Å²) in [5, 5.41) is 12.2. The van der Waals surface area contributed by atoms with Crippen molar-refractivity contribution < 1.29 is 5.11 Å². The number of aryl methyl sites for hydroxylation is 1. The van der Waals surface area contributed by atoms with Gasteiger partial charge in [-0.1, -0.05) is 38.1 Å². The third kappa shape index (κ3) is 4.11. The van der Waals surface area contributed by atoms with Crippen LogP contribution in [0.2, 0.25) is 0 Å². The summed E-state index contributed by atoms with van der Waals surface area (Å²) >= 11 is 0. The van der Waals surface area contributed by atoms with Crippen LogP contribution >= 0.6 is 0 Å². The molecule has 3 heteroatoms. The van der Waals surface area contributed by atoms with Gasteiger partial charge in [-0.15, -0.1) is 0 Å². The van der Waals surface area contributed by atoms with Crippen LogP contribution < -0.4 is 11.1 Å².